The van der Waals surface area contributed by atoms with Gasteiger partial charge >= 0.3 is 5.97 Å². The molecule has 0 fully saturated rings. The molecule has 0 saturated heterocycles. The zero-order valence-corrected chi connectivity index (χ0v) is 17.9. The molecule has 1 N–H and O–H groups in total. The molecular weight excluding hydrogens is 418 g/mol. The summed E-state index contributed by atoms with van der Waals surface area (Å²) in [7, 11) is 0. The molecule has 0 bridgehead atoms. The van der Waals surface area contributed by atoms with Crippen LogP contribution in [0.5, 0.6) is 11.5 Å². The first-order valence-electron chi connectivity index (χ1n) is 10.2. The minimum absolute atomic E-state index is 0.0843. The van der Waals surface area contributed by atoms with E-state index in [9.17, 15) is 9.90 Å². The van der Waals surface area contributed by atoms with Gasteiger partial charge in [-0.3, -0.25) is 0 Å². The van der Waals surface area contributed by atoms with Crippen molar-refractivity contribution >= 4 is 5.97 Å². The fourth-order valence-corrected chi connectivity index (χ4v) is 3.13. The van der Waals surface area contributed by atoms with Crippen molar-refractivity contribution in [2.45, 2.75) is 13.2 Å². The molecule has 0 aliphatic rings. The Bertz CT molecular complexity index is 1220. The number of aromatic nitrogens is 3. The number of aromatic hydroxyl groups is 1. The van der Waals surface area contributed by atoms with E-state index in [1.165, 1.54) is 6.07 Å². The molecule has 1 unspecified atom stereocenters. The summed E-state index contributed by atoms with van der Waals surface area (Å²) in [5.41, 5.74) is 2.07. The predicted molar refractivity (Wildman–Crippen MR) is 124 cm³/mol. The summed E-state index contributed by atoms with van der Waals surface area (Å²) >= 11 is 0. The lowest BCUT2D eigenvalue weighted by atomic mass is 10.1. The van der Waals surface area contributed by atoms with E-state index in [2.05, 4.69) is 21.5 Å². The molecule has 4 rings (SSSR count). The Labute approximate surface area is 191 Å². The number of phenolic OH excluding ortho intramolecular Hbond substituents is 1. The van der Waals surface area contributed by atoms with Crippen LogP contribution >= 0.6 is 0 Å². The van der Waals surface area contributed by atoms with E-state index in [-0.39, 0.29) is 5.75 Å². The Morgan fingerprint density at radius 2 is 1.42 bits per heavy atom. The van der Waals surface area contributed by atoms with Crippen molar-refractivity contribution in [3.05, 3.63) is 91.5 Å². The number of esters is 1. The van der Waals surface area contributed by atoms with Crippen LogP contribution in [-0.4, -0.2) is 32.3 Å². The van der Waals surface area contributed by atoms with E-state index in [0.717, 1.165) is 17.2 Å². The molecule has 0 radical (unpaired) electrons. The van der Waals surface area contributed by atoms with Gasteiger partial charge in [-0.1, -0.05) is 67.2 Å². The second-order valence-corrected chi connectivity index (χ2v) is 7.04. The topological polar surface area (TPSA) is 94.4 Å². The van der Waals surface area contributed by atoms with Gasteiger partial charge in [-0.05, 0) is 12.1 Å². The Kier molecular flexibility index (Phi) is 6.40. The molecule has 0 aliphatic carbocycles. The molecule has 0 amide bonds. The van der Waals surface area contributed by atoms with Crippen molar-refractivity contribution in [2.24, 2.45) is 0 Å². The first-order chi connectivity index (χ1) is 16.0. The summed E-state index contributed by atoms with van der Waals surface area (Å²) in [5, 5.41) is 10.7. The molecule has 7 heteroatoms. The molecule has 0 aliphatic heterocycles. The van der Waals surface area contributed by atoms with Gasteiger partial charge in [-0.2, -0.15) is 0 Å². The maximum absolute atomic E-state index is 11.3. The van der Waals surface area contributed by atoms with Crippen LogP contribution in [0.2, 0.25) is 0 Å². The van der Waals surface area contributed by atoms with Crippen molar-refractivity contribution in [1.82, 2.24) is 15.0 Å². The van der Waals surface area contributed by atoms with Crippen LogP contribution in [0.1, 0.15) is 6.92 Å². The number of hydrogen-bond donors (Lipinski definition) is 1. The van der Waals surface area contributed by atoms with E-state index >= 15 is 0 Å². The van der Waals surface area contributed by atoms with Crippen LogP contribution in [0.3, 0.4) is 0 Å². The lowest BCUT2D eigenvalue weighted by Crippen LogP contribution is -2.19. The highest BCUT2D eigenvalue weighted by Crippen LogP contribution is 2.33. The number of hydrogen-bond acceptors (Lipinski definition) is 7. The second kappa shape index (κ2) is 9.74. The fraction of sp³-hybridized carbons (Fsp3) is 0.0769. The predicted octanol–water partition coefficient (Wildman–Crippen LogP) is 5.03. The van der Waals surface area contributed by atoms with Gasteiger partial charge in [0.1, 0.15) is 11.5 Å². The normalized spacial score (nSPS) is 11.4. The number of carbonyl (C=O) groups excluding carboxylic acids is 1. The van der Waals surface area contributed by atoms with Gasteiger partial charge in [0.2, 0.25) is 6.29 Å². The van der Waals surface area contributed by atoms with Gasteiger partial charge in [-0.15, -0.1) is 0 Å². The van der Waals surface area contributed by atoms with Crippen molar-refractivity contribution in [2.75, 3.05) is 0 Å². The van der Waals surface area contributed by atoms with Gasteiger partial charge in [-0.25, -0.2) is 19.7 Å². The molecule has 1 atom stereocenters. The highest BCUT2D eigenvalue weighted by Gasteiger charge is 2.16. The molecule has 7 nitrogen and oxygen atoms in total. The van der Waals surface area contributed by atoms with Crippen molar-refractivity contribution in [1.29, 1.82) is 0 Å². The van der Waals surface area contributed by atoms with Crippen LogP contribution in [-0.2, 0) is 9.53 Å². The highest BCUT2D eigenvalue weighted by atomic mass is 16.7. The third-order valence-electron chi connectivity index (χ3n) is 4.66. The third-order valence-corrected chi connectivity index (χ3v) is 4.66. The summed E-state index contributed by atoms with van der Waals surface area (Å²) in [5.74, 6) is 0.932. The van der Waals surface area contributed by atoms with Gasteiger partial charge in [0, 0.05) is 30.2 Å². The average molecular weight is 439 g/mol. The highest BCUT2D eigenvalue weighted by molar-refractivity contribution is 5.81. The van der Waals surface area contributed by atoms with Crippen LogP contribution < -0.4 is 4.74 Å². The van der Waals surface area contributed by atoms with E-state index in [4.69, 9.17) is 9.47 Å². The first kappa shape index (κ1) is 21.7. The summed E-state index contributed by atoms with van der Waals surface area (Å²) in [4.78, 5) is 25.2. The minimum atomic E-state index is -0.854. The standard InChI is InChI=1S/C26H21N3O4/c1-3-23(31)33-17(2)32-20-14-15-21(22(30)16-20)26-28-24(18-10-6-4-7-11-18)27-25(29-26)19-12-8-5-9-13-19/h3-17,30H,1H2,2H3. The summed E-state index contributed by atoms with van der Waals surface area (Å²) in [6.45, 7) is 4.91. The molecule has 0 spiro atoms. The molecule has 1 aromatic heterocycles. The fourth-order valence-electron chi connectivity index (χ4n) is 3.13. The van der Waals surface area contributed by atoms with Crippen LogP contribution in [0.4, 0.5) is 0 Å². The summed E-state index contributed by atoms with van der Waals surface area (Å²) < 4.78 is 10.5. The van der Waals surface area contributed by atoms with Crippen LogP contribution in [0, 0.1) is 0 Å². The lowest BCUT2D eigenvalue weighted by molar-refractivity contribution is -0.154. The largest absolute Gasteiger partial charge is 0.507 e. The maximum atomic E-state index is 11.3. The number of nitrogens with zero attached hydrogens (tertiary/aromatic N) is 3. The zero-order valence-electron chi connectivity index (χ0n) is 17.9. The molecule has 33 heavy (non-hydrogen) atoms. The van der Waals surface area contributed by atoms with Crippen molar-refractivity contribution < 1.29 is 19.4 Å². The maximum Gasteiger partial charge on any atom is 0.333 e. The quantitative estimate of drug-likeness (QED) is 0.245. The SMILES string of the molecule is C=CC(=O)OC(C)Oc1ccc(-c2nc(-c3ccccc3)nc(-c3ccccc3)n2)c(O)c1. The van der Waals surface area contributed by atoms with Gasteiger partial charge in [0.15, 0.2) is 17.5 Å². The Morgan fingerprint density at radius 3 is 1.94 bits per heavy atom. The van der Waals surface area contributed by atoms with E-state index in [1.807, 2.05) is 60.7 Å². The third kappa shape index (κ3) is 5.22. The smallest absolute Gasteiger partial charge is 0.333 e. The number of rotatable bonds is 7. The molecule has 3 aromatic carbocycles. The Morgan fingerprint density at radius 1 is 0.879 bits per heavy atom. The number of benzene rings is 3. The van der Waals surface area contributed by atoms with Crippen molar-refractivity contribution in [3.8, 4) is 45.7 Å². The minimum Gasteiger partial charge on any atom is -0.507 e. The molecule has 1 heterocycles. The first-order valence-corrected chi connectivity index (χ1v) is 10.2. The zero-order chi connectivity index (χ0) is 23.2. The Balaban J connectivity index is 1.72. The summed E-state index contributed by atoms with van der Waals surface area (Å²) in [6, 6.07) is 23.8. The van der Waals surface area contributed by atoms with Gasteiger partial charge in [0.05, 0.1) is 5.56 Å². The van der Waals surface area contributed by atoms with Crippen molar-refractivity contribution in [3.63, 3.8) is 0 Å². The van der Waals surface area contributed by atoms with Crippen LogP contribution in [0.15, 0.2) is 91.5 Å². The van der Waals surface area contributed by atoms with E-state index in [0.29, 0.717) is 28.8 Å². The summed E-state index contributed by atoms with van der Waals surface area (Å²) in [6.07, 6.45) is 0.197. The number of phenols is 1. The molecule has 4 aromatic rings. The van der Waals surface area contributed by atoms with E-state index < -0.39 is 12.3 Å². The average Bonchev–Trinajstić information content (AvgIpc) is 2.84. The molecule has 164 valence electrons. The lowest BCUT2D eigenvalue weighted by Gasteiger charge is -2.15. The number of carbonyl (C=O) groups is 1. The Hall–Kier alpha value is -4.52. The number of ether oxygens (including phenoxy) is 2. The van der Waals surface area contributed by atoms with E-state index in [1.54, 1.807) is 19.1 Å². The molecule has 0 saturated carbocycles. The van der Waals surface area contributed by atoms with Gasteiger partial charge < -0.3 is 14.6 Å². The monoisotopic (exact) mass is 439 g/mol. The second-order valence-electron chi connectivity index (χ2n) is 7.04. The van der Waals surface area contributed by atoms with Crippen LogP contribution in [0.25, 0.3) is 34.2 Å². The van der Waals surface area contributed by atoms with Gasteiger partial charge in [0.25, 0.3) is 0 Å². The molecular formula is C26H21N3O4.